The van der Waals surface area contributed by atoms with E-state index < -0.39 is 44.1 Å². The molecule has 0 saturated carbocycles. The molecule has 2 atom stereocenters. The summed E-state index contributed by atoms with van der Waals surface area (Å²) in [5.74, 6) is -0.864. The maximum Gasteiger partial charge on any atom is 0.416 e. The highest BCUT2D eigenvalue weighted by Gasteiger charge is 2.59. The van der Waals surface area contributed by atoms with E-state index in [1.54, 1.807) is 11.0 Å². The second-order valence-electron chi connectivity index (χ2n) is 20.8. The Balaban J connectivity index is 0.000000264. The van der Waals surface area contributed by atoms with Gasteiger partial charge in [0.25, 0.3) is 0 Å². The average molecular weight is 876 g/mol. The summed E-state index contributed by atoms with van der Waals surface area (Å²) in [6, 6.07) is 29.8. The molecule has 10 heteroatoms. The number of carbonyl (C=O) groups is 2. The molecule has 62 heavy (non-hydrogen) atoms. The van der Waals surface area contributed by atoms with Gasteiger partial charge in [-0.3, -0.25) is 0 Å². The normalized spacial score (nSPS) is 15.7. The number of methoxy groups -OCH3 is 2. The van der Waals surface area contributed by atoms with Crippen molar-refractivity contribution in [3.05, 3.63) is 136 Å². The van der Waals surface area contributed by atoms with E-state index in [0.29, 0.717) is 10.6 Å². The summed E-state index contributed by atoms with van der Waals surface area (Å²) < 4.78 is 52.9. The summed E-state index contributed by atoms with van der Waals surface area (Å²) in [6.45, 7) is 31.4. The van der Waals surface area contributed by atoms with E-state index >= 15 is 0 Å². The summed E-state index contributed by atoms with van der Waals surface area (Å²) in [6.07, 6.45) is -2.41. The molecule has 4 aromatic rings. The zero-order valence-electron chi connectivity index (χ0n) is 40.1. The minimum absolute atomic E-state index is 0.144. The lowest BCUT2D eigenvalue weighted by molar-refractivity contribution is -0.144. The fourth-order valence-corrected chi connectivity index (χ4v) is 7.44. The highest BCUT2D eigenvalue weighted by atomic mass is 28.4. The molecule has 1 aliphatic heterocycles. The van der Waals surface area contributed by atoms with E-state index in [-0.39, 0.29) is 16.2 Å². The van der Waals surface area contributed by atoms with Gasteiger partial charge in [0, 0.05) is 12.3 Å². The minimum Gasteiger partial charge on any atom is -0.467 e. The molecule has 0 aromatic heterocycles. The van der Waals surface area contributed by atoms with E-state index in [2.05, 4.69) is 124 Å². The third-order valence-corrected chi connectivity index (χ3v) is 16.2. The second-order valence-corrected chi connectivity index (χ2v) is 25.6. The molecule has 0 aliphatic carbocycles. The van der Waals surface area contributed by atoms with Crippen molar-refractivity contribution < 1.29 is 36.7 Å². The fraction of sp³-hybridized carbons (Fsp3) is 0.500. The van der Waals surface area contributed by atoms with Crippen LogP contribution in [0.4, 0.5) is 18.9 Å². The van der Waals surface area contributed by atoms with Crippen LogP contribution >= 0.6 is 0 Å². The van der Waals surface area contributed by atoms with Crippen molar-refractivity contribution in [2.45, 2.75) is 149 Å². The van der Waals surface area contributed by atoms with Gasteiger partial charge in [0.15, 0.2) is 20.4 Å². The molecular formula is C52H72F3NO5Si. The van der Waals surface area contributed by atoms with Crippen molar-refractivity contribution in [1.82, 2.24) is 0 Å². The van der Waals surface area contributed by atoms with Gasteiger partial charge in [-0.05, 0) is 98.8 Å². The summed E-state index contributed by atoms with van der Waals surface area (Å²) in [7, 11) is 1.04. The molecule has 4 aromatic carbocycles. The van der Waals surface area contributed by atoms with Crippen LogP contribution in [0.2, 0.25) is 18.1 Å². The zero-order chi connectivity index (χ0) is 47.1. The largest absolute Gasteiger partial charge is 0.467 e. The van der Waals surface area contributed by atoms with Crippen LogP contribution in [0.5, 0.6) is 0 Å². The maximum atomic E-state index is 12.4. The lowest BCUT2D eigenvalue weighted by atomic mass is 9.86. The molecule has 6 nitrogen and oxygen atoms in total. The number of alkyl halides is 3. The second kappa shape index (κ2) is 20.4. The van der Waals surface area contributed by atoms with Crippen molar-refractivity contribution in [1.29, 1.82) is 0 Å². The fourth-order valence-electron chi connectivity index (χ4n) is 6.40. The third-order valence-electron chi connectivity index (χ3n) is 11.7. The highest BCUT2D eigenvalue weighted by Crippen LogP contribution is 2.38. The van der Waals surface area contributed by atoms with Crippen LogP contribution in [0.25, 0.3) is 0 Å². The number of rotatable bonds is 9. The van der Waals surface area contributed by atoms with Crippen LogP contribution < -0.4 is 4.90 Å². The Morgan fingerprint density at radius 2 is 0.952 bits per heavy atom. The Kier molecular flexibility index (Phi) is 17.1. The van der Waals surface area contributed by atoms with Gasteiger partial charge in [0.05, 0.1) is 19.8 Å². The molecule has 2 unspecified atom stereocenters. The minimum atomic E-state index is -4.25. The molecule has 0 spiro atoms. The number of hydrogen-bond acceptors (Lipinski definition) is 6. The Hall–Kier alpha value is -4.41. The molecule has 1 heterocycles. The predicted octanol–water partition coefficient (Wildman–Crippen LogP) is 13.0. The topological polar surface area (TPSA) is 64.8 Å². The van der Waals surface area contributed by atoms with Crippen LogP contribution in [0, 0.1) is 0 Å². The lowest BCUT2D eigenvalue weighted by Crippen LogP contribution is -2.41. The smallest absolute Gasteiger partial charge is 0.416 e. The number of benzene rings is 4. The van der Waals surface area contributed by atoms with Gasteiger partial charge >= 0.3 is 18.1 Å². The number of ether oxygens (including phenoxy) is 2. The highest BCUT2D eigenvalue weighted by molar-refractivity contribution is 6.74. The van der Waals surface area contributed by atoms with Crippen LogP contribution in [0.3, 0.4) is 0 Å². The van der Waals surface area contributed by atoms with Crippen LogP contribution in [-0.2, 0) is 58.8 Å². The molecule has 1 saturated heterocycles. The Morgan fingerprint density at radius 3 is 1.32 bits per heavy atom. The zero-order valence-corrected chi connectivity index (χ0v) is 41.1. The van der Waals surface area contributed by atoms with Gasteiger partial charge < -0.3 is 18.8 Å². The van der Waals surface area contributed by atoms with E-state index in [1.807, 2.05) is 45.0 Å². The number of nitrogens with zero attached hydrogens (tertiary/aromatic N) is 1. The Bertz CT molecular complexity index is 2000. The SMILES string of the molecule is CC(C)(C)c1ccc(CCO[Si](C)(C)C(C)(C)C)cc1.CC(C)(C)c1cccc(C(F)(F)F)c1.COC(=O)C1C(C(=O)OC)N1c1ccc(Cc2ccc(C(C)(C)C)cc2)cc1. The van der Waals surface area contributed by atoms with Gasteiger partial charge in [-0.1, -0.05) is 162 Å². The molecule has 1 aliphatic rings. The Morgan fingerprint density at radius 1 is 0.565 bits per heavy atom. The number of anilines is 1. The van der Waals surface area contributed by atoms with Crippen molar-refractivity contribution >= 4 is 25.9 Å². The van der Waals surface area contributed by atoms with Crippen LogP contribution in [0.15, 0.2) is 97.1 Å². The summed E-state index contributed by atoms with van der Waals surface area (Å²) in [5.41, 5.74) is 7.54. The molecule has 1 fully saturated rings. The Labute approximate surface area is 371 Å². The molecule has 0 bridgehead atoms. The first-order chi connectivity index (χ1) is 28.4. The van der Waals surface area contributed by atoms with Crippen molar-refractivity contribution in [3.63, 3.8) is 0 Å². The summed E-state index contributed by atoms with van der Waals surface area (Å²) in [5, 5.41) is 0.295. The molecule has 0 N–H and O–H groups in total. The molecule has 340 valence electrons. The number of carbonyl (C=O) groups excluding carboxylic acids is 2. The average Bonchev–Trinajstić information content (AvgIpc) is 3.93. The van der Waals surface area contributed by atoms with Gasteiger partial charge in [0.2, 0.25) is 0 Å². The monoisotopic (exact) mass is 876 g/mol. The molecule has 0 amide bonds. The lowest BCUT2D eigenvalue weighted by Gasteiger charge is -2.36. The number of hydrogen-bond donors (Lipinski definition) is 0. The van der Waals surface area contributed by atoms with Crippen molar-refractivity contribution in [2.24, 2.45) is 0 Å². The summed E-state index contributed by atoms with van der Waals surface area (Å²) in [4.78, 5) is 25.6. The first-order valence-electron chi connectivity index (χ1n) is 21.4. The van der Waals surface area contributed by atoms with Gasteiger partial charge in [-0.15, -0.1) is 0 Å². The van der Waals surface area contributed by atoms with Crippen molar-refractivity contribution in [2.75, 3.05) is 25.7 Å². The molecular weight excluding hydrogens is 804 g/mol. The van der Waals surface area contributed by atoms with E-state index in [4.69, 9.17) is 13.9 Å². The van der Waals surface area contributed by atoms with Crippen LogP contribution in [-0.4, -0.2) is 53.2 Å². The number of esters is 2. The molecule has 0 radical (unpaired) electrons. The van der Waals surface area contributed by atoms with E-state index in [0.717, 1.165) is 31.2 Å². The quantitative estimate of drug-likeness (QED) is 0.0948. The maximum absolute atomic E-state index is 12.4. The van der Waals surface area contributed by atoms with E-state index in [1.165, 1.54) is 54.2 Å². The summed E-state index contributed by atoms with van der Waals surface area (Å²) >= 11 is 0. The van der Waals surface area contributed by atoms with Crippen molar-refractivity contribution in [3.8, 4) is 0 Å². The molecule has 5 rings (SSSR count). The van der Waals surface area contributed by atoms with Gasteiger partial charge in [-0.2, -0.15) is 13.2 Å². The standard InChI is InChI=1S/C23H27NO4.C18H32OSi.C11H13F3/c1-23(2,3)17-10-6-15(7-11-17)14-16-8-12-18(13-9-16)24-19(21(25)27-4)20(24)22(26)28-5;1-17(2,3)16-11-9-15(10-12-16)13-14-19-20(7,8)18(4,5)6;1-10(2,3)8-5-4-6-9(7-8)11(12,13)14/h6-13,19-20H,14H2,1-5H3;9-12H,13-14H2,1-8H3;4-7H,1-3H3. The van der Waals surface area contributed by atoms with Crippen LogP contribution in [0.1, 0.15) is 122 Å². The third kappa shape index (κ3) is 14.9. The van der Waals surface area contributed by atoms with Gasteiger partial charge in [0.1, 0.15) is 0 Å². The van der Waals surface area contributed by atoms with E-state index in [9.17, 15) is 22.8 Å². The predicted molar refractivity (Wildman–Crippen MR) is 251 cm³/mol. The van der Waals surface area contributed by atoms with Gasteiger partial charge in [-0.25, -0.2) is 9.59 Å². The first-order valence-corrected chi connectivity index (χ1v) is 24.3. The number of halogens is 3. The first kappa shape index (κ1) is 51.9.